The second kappa shape index (κ2) is 8.20. The highest BCUT2D eigenvalue weighted by molar-refractivity contribution is 9.10. The van der Waals surface area contributed by atoms with Gasteiger partial charge in [0.1, 0.15) is 17.3 Å². The van der Waals surface area contributed by atoms with Crippen LogP contribution in [0.4, 0.5) is 0 Å². The Morgan fingerprint density at radius 3 is 2.53 bits per heavy atom. The van der Waals surface area contributed by atoms with E-state index >= 15 is 0 Å². The fraction of sp³-hybridized carbons (Fsp3) is 0.130. The molecule has 2 heterocycles. The van der Waals surface area contributed by atoms with E-state index in [1.54, 1.807) is 43.5 Å². The van der Waals surface area contributed by atoms with Crippen LogP contribution in [0.15, 0.2) is 81.4 Å². The monoisotopic (exact) mass is 467 g/mol. The van der Waals surface area contributed by atoms with E-state index in [0.29, 0.717) is 22.6 Å². The van der Waals surface area contributed by atoms with Gasteiger partial charge in [0.05, 0.1) is 31.5 Å². The van der Waals surface area contributed by atoms with Crippen molar-refractivity contribution in [1.29, 1.82) is 0 Å². The first-order chi connectivity index (χ1) is 14.5. The number of aliphatic hydroxyl groups is 1. The van der Waals surface area contributed by atoms with Crippen LogP contribution in [0.2, 0.25) is 0 Å². The number of amides is 1. The summed E-state index contributed by atoms with van der Waals surface area (Å²) in [4.78, 5) is 27.3. The van der Waals surface area contributed by atoms with Crippen LogP contribution in [0, 0.1) is 0 Å². The van der Waals surface area contributed by atoms with Gasteiger partial charge in [-0.3, -0.25) is 9.59 Å². The lowest BCUT2D eigenvalue weighted by Crippen LogP contribution is -2.29. The minimum Gasteiger partial charge on any atom is -0.507 e. The van der Waals surface area contributed by atoms with Gasteiger partial charge in [0.15, 0.2) is 0 Å². The number of benzene rings is 2. The Kier molecular flexibility index (Phi) is 5.46. The fourth-order valence-electron chi connectivity index (χ4n) is 3.54. The predicted molar refractivity (Wildman–Crippen MR) is 114 cm³/mol. The van der Waals surface area contributed by atoms with Crippen molar-refractivity contribution < 1.29 is 23.8 Å². The molecule has 0 radical (unpaired) electrons. The molecule has 1 aliphatic heterocycles. The molecule has 7 heteroatoms. The highest BCUT2D eigenvalue weighted by Crippen LogP contribution is 2.41. The largest absolute Gasteiger partial charge is 0.507 e. The Labute approximate surface area is 181 Å². The molecule has 1 aliphatic rings. The first-order valence-corrected chi connectivity index (χ1v) is 9.99. The lowest BCUT2D eigenvalue weighted by molar-refractivity contribution is -0.140. The molecule has 152 valence electrons. The highest BCUT2D eigenvalue weighted by Gasteiger charge is 2.46. The Morgan fingerprint density at radius 2 is 1.90 bits per heavy atom. The van der Waals surface area contributed by atoms with E-state index < -0.39 is 17.7 Å². The van der Waals surface area contributed by atoms with E-state index in [1.165, 1.54) is 11.2 Å². The lowest BCUT2D eigenvalue weighted by atomic mass is 9.95. The van der Waals surface area contributed by atoms with Gasteiger partial charge < -0.3 is 19.2 Å². The molecule has 0 bridgehead atoms. The topological polar surface area (TPSA) is 80.0 Å². The predicted octanol–water partition coefficient (Wildman–Crippen LogP) is 4.67. The third-order valence-corrected chi connectivity index (χ3v) is 5.47. The van der Waals surface area contributed by atoms with Gasteiger partial charge in [-0.15, -0.1) is 0 Å². The van der Waals surface area contributed by atoms with E-state index in [2.05, 4.69) is 15.9 Å². The summed E-state index contributed by atoms with van der Waals surface area (Å²) in [5.41, 5.74) is 1.16. The molecular formula is C23H18BrNO5. The van der Waals surface area contributed by atoms with Gasteiger partial charge in [0.2, 0.25) is 0 Å². The van der Waals surface area contributed by atoms with Gasteiger partial charge >= 0.3 is 0 Å². The number of aliphatic hydroxyl groups excluding tert-OH is 1. The van der Waals surface area contributed by atoms with Crippen molar-refractivity contribution >= 4 is 33.4 Å². The van der Waals surface area contributed by atoms with Crippen LogP contribution < -0.4 is 4.74 Å². The van der Waals surface area contributed by atoms with Gasteiger partial charge in [-0.1, -0.05) is 28.1 Å². The Balaban J connectivity index is 1.85. The molecule has 1 atom stereocenters. The number of halogens is 1. The van der Waals surface area contributed by atoms with E-state index in [1.807, 2.05) is 24.3 Å². The minimum atomic E-state index is -0.755. The molecule has 30 heavy (non-hydrogen) atoms. The summed E-state index contributed by atoms with van der Waals surface area (Å²) in [7, 11) is 1.54. The third-order valence-electron chi connectivity index (χ3n) is 4.97. The summed E-state index contributed by atoms with van der Waals surface area (Å²) in [6.07, 6.45) is 1.51. The number of hydrogen-bond acceptors (Lipinski definition) is 5. The molecule has 3 aromatic rings. The smallest absolute Gasteiger partial charge is 0.296 e. The Bertz CT molecular complexity index is 1120. The maximum atomic E-state index is 13.0. The summed E-state index contributed by atoms with van der Waals surface area (Å²) in [6, 6.07) is 16.7. The quantitative estimate of drug-likeness (QED) is 0.335. The van der Waals surface area contributed by atoms with Crippen molar-refractivity contribution in [1.82, 2.24) is 4.90 Å². The van der Waals surface area contributed by atoms with Crippen molar-refractivity contribution in [3.05, 3.63) is 93.9 Å². The van der Waals surface area contributed by atoms with Crippen LogP contribution in [-0.4, -0.2) is 28.8 Å². The summed E-state index contributed by atoms with van der Waals surface area (Å²) >= 11 is 3.44. The summed E-state index contributed by atoms with van der Waals surface area (Å²) in [5.74, 6) is -0.496. The third kappa shape index (κ3) is 3.64. The molecule has 1 N–H and O–H groups in total. The molecule has 4 rings (SSSR count). The normalized spacial score (nSPS) is 18.1. The lowest BCUT2D eigenvalue weighted by Gasteiger charge is -2.24. The Hall–Kier alpha value is -3.32. The van der Waals surface area contributed by atoms with Gasteiger partial charge in [-0.05, 0) is 54.1 Å². The molecular weight excluding hydrogens is 450 g/mol. The first kappa shape index (κ1) is 20.0. The highest BCUT2D eigenvalue weighted by atomic mass is 79.9. The van der Waals surface area contributed by atoms with E-state index in [0.717, 1.165) is 4.47 Å². The number of ketones is 1. The van der Waals surface area contributed by atoms with Crippen LogP contribution in [0.1, 0.15) is 22.9 Å². The van der Waals surface area contributed by atoms with E-state index in [-0.39, 0.29) is 17.9 Å². The number of rotatable bonds is 5. The number of likely N-dealkylation sites (tertiary alicyclic amines) is 1. The average molecular weight is 468 g/mol. The second-order valence-electron chi connectivity index (χ2n) is 6.79. The zero-order valence-electron chi connectivity index (χ0n) is 16.0. The van der Waals surface area contributed by atoms with Crippen molar-refractivity contribution in [2.45, 2.75) is 12.6 Å². The average Bonchev–Trinajstić information content (AvgIpc) is 3.36. The number of carbonyl (C=O) groups excluding carboxylic acids is 2. The molecule has 0 spiro atoms. The van der Waals surface area contributed by atoms with Gasteiger partial charge in [0, 0.05) is 10.0 Å². The Morgan fingerprint density at radius 1 is 1.13 bits per heavy atom. The fourth-order valence-corrected chi connectivity index (χ4v) is 3.96. The number of furan rings is 1. The number of hydrogen-bond donors (Lipinski definition) is 1. The van der Waals surface area contributed by atoms with Gasteiger partial charge in [-0.2, -0.15) is 0 Å². The second-order valence-corrected chi connectivity index (χ2v) is 7.71. The van der Waals surface area contributed by atoms with Gasteiger partial charge in [0.25, 0.3) is 11.7 Å². The molecule has 1 fully saturated rings. The number of ether oxygens (including phenoxy) is 1. The molecule has 0 saturated carbocycles. The minimum absolute atomic E-state index is 0.0369. The van der Waals surface area contributed by atoms with Crippen LogP contribution in [-0.2, 0) is 16.1 Å². The number of methoxy groups -OCH3 is 1. The number of nitrogens with zero attached hydrogens (tertiary/aromatic N) is 1. The summed E-state index contributed by atoms with van der Waals surface area (Å²) < 4.78 is 11.3. The molecule has 2 aromatic carbocycles. The van der Waals surface area contributed by atoms with Crippen molar-refractivity contribution in [3.63, 3.8) is 0 Å². The van der Waals surface area contributed by atoms with Crippen molar-refractivity contribution in [3.8, 4) is 5.75 Å². The number of Topliss-reactive ketones (excluding diaryl/α,β-unsaturated/α-hetero) is 1. The molecule has 1 amide bonds. The first-order valence-electron chi connectivity index (χ1n) is 9.20. The molecule has 1 unspecified atom stereocenters. The molecule has 1 saturated heterocycles. The van der Waals surface area contributed by atoms with Crippen LogP contribution in [0.25, 0.3) is 5.76 Å². The van der Waals surface area contributed by atoms with E-state index in [4.69, 9.17) is 9.15 Å². The molecule has 0 aliphatic carbocycles. The summed E-state index contributed by atoms with van der Waals surface area (Å²) in [5, 5.41) is 11.0. The maximum Gasteiger partial charge on any atom is 0.296 e. The van der Waals surface area contributed by atoms with Crippen molar-refractivity contribution in [2.24, 2.45) is 0 Å². The zero-order valence-corrected chi connectivity index (χ0v) is 17.6. The van der Waals surface area contributed by atoms with Crippen molar-refractivity contribution in [2.75, 3.05) is 7.11 Å². The van der Waals surface area contributed by atoms with E-state index in [9.17, 15) is 14.7 Å². The summed E-state index contributed by atoms with van der Waals surface area (Å²) in [6.45, 7) is 0.105. The van der Waals surface area contributed by atoms with Crippen LogP contribution in [0.5, 0.6) is 5.75 Å². The van der Waals surface area contributed by atoms with Crippen LogP contribution in [0.3, 0.4) is 0 Å². The molecule has 6 nitrogen and oxygen atoms in total. The molecule has 1 aromatic heterocycles. The standard InChI is InChI=1S/C23H18BrNO5/c1-29-17-9-7-14(8-10-17)21(26)19-20(15-4-2-5-16(24)12-15)25(23(28)22(19)27)13-18-6-3-11-30-18/h2-12,20,26H,13H2,1H3/b21-19-. The SMILES string of the molecule is COc1ccc(/C(O)=C2/C(=O)C(=O)N(Cc3ccco3)C2c2cccc(Br)c2)cc1. The zero-order chi connectivity index (χ0) is 21.3. The maximum absolute atomic E-state index is 13.0. The van der Waals surface area contributed by atoms with Crippen LogP contribution >= 0.6 is 15.9 Å². The number of carbonyl (C=O) groups is 2. The van der Waals surface area contributed by atoms with Gasteiger partial charge in [-0.25, -0.2) is 0 Å².